The minimum atomic E-state index is -0.759. The number of carbonyl (C=O) groups excluding carboxylic acids is 3. The van der Waals surface area contributed by atoms with Crippen LogP contribution >= 0.6 is 0 Å². The lowest BCUT2D eigenvalue weighted by molar-refractivity contribution is -0.167. The summed E-state index contributed by atoms with van der Waals surface area (Å²) in [7, 11) is 0. The van der Waals surface area contributed by atoms with Crippen molar-refractivity contribution in [1.82, 2.24) is 0 Å². The van der Waals surface area contributed by atoms with Crippen LogP contribution in [0.1, 0.15) is 297 Å². The molecule has 0 aromatic rings. The highest BCUT2D eigenvalue weighted by atomic mass is 16.6. The standard InChI is InChI=1S/C53H102O6/c1-5-7-9-11-13-14-15-16-19-23-26-29-33-37-41-45-52(55)58-48-50(47-57-51(54)44-40-36-31-12-10-8-6-2)59-53(56)46-42-38-34-30-27-24-21-18-17-20-22-25-28-32-35-39-43-49(3)4/h49-50H,5-48H2,1-4H3/t50-/m0/s1. The molecular weight excluding hydrogens is 733 g/mol. The molecule has 0 N–H and O–H groups in total. The third-order valence-electron chi connectivity index (χ3n) is 12.0. The van der Waals surface area contributed by atoms with Gasteiger partial charge in [0.15, 0.2) is 6.10 Å². The molecule has 350 valence electrons. The topological polar surface area (TPSA) is 78.9 Å². The van der Waals surface area contributed by atoms with Crippen LogP contribution < -0.4 is 0 Å². The molecule has 0 saturated heterocycles. The zero-order valence-corrected chi connectivity index (χ0v) is 40.2. The van der Waals surface area contributed by atoms with Gasteiger partial charge in [-0.25, -0.2) is 0 Å². The molecule has 0 bridgehead atoms. The third-order valence-corrected chi connectivity index (χ3v) is 12.0. The molecule has 0 aromatic heterocycles. The van der Waals surface area contributed by atoms with E-state index in [9.17, 15) is 14.4 Å². The van der Waals surface area contributed by atoms with E-state index in [4.69, 9.17) is 14.2 Å². The van der Waals surface area contributed by atoms with Crippen molar-refractivity contribution in [1.29, 1.82) is 0 Å². The van der Waals surface area contributed by atoms with Gasteiger partial charge in [-0.1, -0.05) is 259 Å². The number of unbranched alkanes of at least 4 members (excludes halogenated alkanes) is 35. The summed E-state index contributed by atoms with van der Waals surface area (Å²) in [6.45, 7) is 9.01. The summed E-state index contributed by atoms with van der Waals surface area (Å²) >= 11 is 0. The lowest BCUT2D eigenvalue weighted by atomic mass is 10.0. The first-order valence-electron chi connectivity index (χ1n) is 26.4. The first-order valence-corrected chi connectivity index (χ1v) is 26.4. The van der Waals surface area contributed by atoms with Crippen LogP contribution in [0.3, 0.4) is 0 Å². The smallest absolute Gasteiger partial charge is 0.306 e. The Labute approximate surface area is 368 Å². The molecule has 0 aliphatic rings. The predicted octanol–water partition coefficient (Wildman–Crippen LogP) is 17.1. The maximum absolute atomic E-state index is 12.8. The van der Waals surface area contributed by atoms with Gasteiger partial charge >= 0.3 is 17.9 Å². The van der Waals surface area contributed by atoms with Crippen LogP contribution in [0.5, 0.6) is 0 Å². The highest BCUT2D eigenvalue weighted by Crippen LogP contribution is 2.17. The fraction of sp³-hybridized carbons (Fsp3) is 0.943. The van der Waals surface area contributed by atoms with Crippen LogP contribution in [0.25, 0.3) is 0 Å². The lowest BCUT2D eigenvalue weighted by Crippen LogP contribution is -2.30. The molecule has 6 heteroatoms. The van der Waals surface area contributed by atoms with E-state index >= 15 is 0 Å². The second-order valence-electron chi connectivity index (χ2n) is 18.6. The molecule has 0 heterocycles. The van der Waals surface area contributed by atoms with E-state index < -0.39 is 6.10 Å². The van der Waals surface area contributed by atoms with Gasteiger partial charge < -0.3 is 14.2 Å². The molecule has 0 amide bonds. The van der Waals surface area contributed by atoms with E-state index in [1.807, 2.05) is 0 Å². The Morgan fingerprint density at radius 3 is 0.831 bits per heavy atom. The van der Waals surface area contributed by atoms with Crippen molar-refractivity contribution >= 4 is 17.9 Å². The summed E-state index contributed by atoms with van der Waals surface area (Å²) in [5.74, 6) is 0.00246. The second kappa shape index (κ2) is 47.5. The lowest BCUT2D eigenvalue weighted by Gasteiger charge is -2.18. The molecule has 0 aromatic carbocycles. The number of ether oxygens (including phenoxy) is 3. The van der Waals surface area contributed by atoms with Gasteiger partial charge in [0.05, 0.1) is 0 Å². The molecule has 0 rings (SSSR count). The molecule has 0 fully saturated rings. The van der Waals surface area contributed by atoms with Crippen LogP contribution in [0.15, 0.2) is 0 Å². The Kier molecular flexibility index (Phi) is 46.2. The van der Waals surface area contributed by atoms with Crippen molar-refractivity contribution in [3.8, 4) is 0 Å². The van der Waals surface area contributed by atoms with Crippen LogP contribution in [0, 0.1) is 5.92 Å². The highest BCUT2D eigenvalue weighted by Gasteiger charge is 2.19. The molecule has 0 aliphatic heterocycles. The van der Waals surface area contributed by atoms with Crippen molar-refractivity contribution in [2.75, 3.05) is 13.2 Å². The normalized spacial score (nSPS) is 11.9. The number of esters is 3. The van der Waals surface area contributed by atoms with Gasteiger partial charge in [-0.2, -0.15) is 0 Å². The summed E-state index contributed by atoms with van der Waals surface area (Å²) in [4.78, 5) is 37.8. The molecule has 0 saturated carbocycles. The first-order chi connectivity index (χ1) is 28.9. The summed E-state index contributed by atoms with van der Waals surface area (Å²) in [6, 6.07) is 0. The monoisotopic (exact) mass is 835 g/mol. The summed E-state index contributed by atoms with van der Waals surface area (Å²) in [6.07, 6.45) is 49.6. The Bertz CT molecular complexity index is 887. The van der Waals surface area contributed by atoms with Crippen molar-refractivity contribution in [3.63, 3.8) is 0 Å². The first kappa shape index (κ1) is 57.4. The van der Waals surface area contributed by atoms with Crippen molar-refractivity contribution in [3.05, 3.63) is 0 Å². The van der Waals surface area contributed by atoms with Gasteiger partial charge in [-0.3, -0.25) is 14.4 Å². The SMILES string of the molecule is CCCCCCCCCCCCCCCCCC(=O)OC[C@H](COC(=O)CCCCCCCCC)OC(=O)CCCCCCCCCCCCCCCCCCC(C)C. The third kappa shape index (κ3) is 47.3. The maximum Gasteiger partial charge on any atom is 0.306 e. The summed E-state index contributed by atoms with van der Waals surface area (Å²) in [5, 5.41) is 0. The molecule has 0 spiro atoms. The Morgan fingerprint density at radius 2 is 0.559 bits per heavy atom. The maximum atomic E-state index is 12.8. The molecule has 0 unspecified atom stereocenters. The fourth-order valence-electron chi connectivity index (χ4n) is 8.04. The minimum absolute atomic E-state index is 0.0629. The molecule has 59 heavy (non-hydrogen) atoms. The van der Waals surface area contributed by atoms with E-state index in [0.717, 1.165) is 63.7 Å². The average Bonchev–Trinajstić information content (AvgIpc) is 3.22. The van der Waals surface area contributed by atoms with Gasteiger partial charge in [0.25, 0.3) is 0 Å². The number of hydrogen-bond acceptors (Lipinski definition) is 6. The van der Waals surface area contributed by atoms with E-state index in [-0.39, 0.29) is 31.1 Å². The van der Waals surface area contributed by atoms with Gasteiger partial charge in [0.1, 0.15) is 13.2 Å². The number of rotatable bonds is 48. The van der Waals surface area contributed by atoms with E-state index in [2.05, 4.69) is 27.7 Å². The van der Waals surface area contributed by atoms with E-state index in [1.165, 1.54) is 193 Å². The van der Waals surface area contributed by atoms with Gasteiger partial charge in [-0.15, -0.1) is 0 Å². The zero-order valence-electron chi connectivity index (χ0n) is 40.2. The zero-order chi connectivity index (χ0) is 43.1. The van der Waals surface area contributed by atoms with Crippen molar-refractivity contribution in [2.45, 2.75) is 303 Å². The van der Waals surface area contributed by atoms with Crippen molar-refractivity contribution < 1.29 is 28.6 Å². The number of carbonyl (C=O) groups is 3. The fourth-order valence-corrected chi connectivity index (χ4v) is 8.04. The molecule has 1 atom stereocenters. The Morgan fingerprint density at radius 1 is 0.322 bits per heavy atom. The largest absolute Gasteiger partial charge is 0.462 e. The Hall–Kier alpha value is -1.59. The number of hydrogen-bond donors (Lipinski definition) is 0. The van der Waals surface area contributed by atoms with Crippen molar-refractivity contribution in [2.24, 2.45) is 5.92 Å². The molecule has 0 radical (unpaired) electrons. The van der Waals surface area contributed by atoms with Gasteiger partial charge in [0.2, 0.25) is 0 Å². The quantitative estimate of drug-likeness (QED) is 0.0345. The highest BCUT2D eigenvalue weighted by molar-refractivity contribution is 5.71. The van der Waals surface area contributed by atoms with Gasteiger partial charge in [0, 0.05) is 19.3 Å². The van der Waals surface area contributed by atoms with Crippen LogP contribution in [-0.4, -0.2) is 37.2 Å². The van der Waals surface area contributed by atoms with E-state index in [0.29, 0.717) is 19.3 Å². The van der Waals surface area contributed by atoms with Crippen LogP contribution in [0.4, 0.5) is 0 Å². The molecule has 0 aliphatic carbocycles. The van der Waals surface area contributed by atoms with Crippen LogP contribution in [-0.2, 0) is 28.6 Å². The summed E-state index contributed by atoms with van der Waals surface area (Å²) in [5.41, 5.74) is 0. The van der Waals surface area contributed by atoms with Gasteiger partial charge in [-0.05, 0) is 25.2 Å². The second-order valence-corrected chi connectivity index (χ2v) is 18.6. The van der Waals surface area contributed by atoms with Crippen LogP contribution in [0.2, 0.25) is 0 Å². The summed E-state index contributed by atoms with van der Waals surface area (Å²) < 4.78 is 16.8. The minimum Gasteiger partial charge on any atom is -0.462 e. The molecular formula is C53H102O6. The van der Waals surface area contributed by atoms with E-state index in [1.54, 1.807) is 0 Å². The predicted molar refractivity (Wildman–Crippen MR) is 252 cm³/mol. The molecule has 6 nitrogen and oxygen atoms in total. The average molecular weight is 835 g/mol. The Balaban J connectivity index is 4.17.